The van der Waals surface area contributed by atoms with E-state index < -0.39 is 15.8 Å². The van der Waals surface area contributed by atoms with Crippen LogP contribution in [-0.4, -0.2) is 54.0 Å². The van der Waals surface area contributed by atoms with Gasteiger partial charge in [0.15, 0.2) is 0 Å². The van der Waals surface area contributed by atoms with E-state index in [1.165, 1.54) is 22.5 Å². The van der Waals surface area contributed by atoms with Crippen molar-refractivity contribution in [2.75, 3.05) is 26.2 Å². The summed E-state index contributed by atoms with van der Waals surface area (Å²) in [7, 11) is -3.85. The number of aromatic nitrogens is 2. The van der Waals surface area contributed by atoms with Crippen LogP contribution in [0.2, 0.25) is 0 Å². The number of hydrogen-bond acceptors (Lipinski definition) is 6. The number of sulfonamides is 1. The van der Waals surface area contributed by atoms with Gasteiger partial charge in [0.05, 0.1) is 12.1 Å². The highest BCUT2D eigenvalue weighted by atomic mass is 79.9. The second-order valence-electron chi connectivity index (χ2n) is 6.59. The smallest absolute Gasteiger partial charge is 0.248 e. The maximum atomic E-state index is 13.9. The molecule has 4 rings (SSSR count). The molecule has 10 heteroatoms. The Balaban J connectivity index is 1.40. The van der Waals surface area contributed by atoms with Crippen molar-refractivity contribution in [2.24, 2.45) is 0 Å². The summed E-state index contributed by atoms with van der Waals surface area (Å²) in [6, 6.07) is 13.0. The lowest BCUT2D eigenvalue weighted by molar-refractivity contribution is 0.168. The number of halogens is 2. The van der Waals surface area contributed by atoms with Gasteiger partial charge in [0.1, 0.15) is 10.7 Å². The third-order valence-electron chi connectivity index (χ3n) is 4.72. The third-order valence-corrected chi connectivity index (χ3v) is 7.34. The number of rotatable bonds is 5. The molecule has 0 aliphatic carbocycles. The molecule has 0 amide bonds. The van der Waals surface area contributed by atoms with E-state index >= 15 is 0 Å². The highest BCUT2D eigenvalue weighted by molar-refractivity contribution is 9.10. The maximum absolute atomic E-state index is 13.9. The van der Waals surface area contributed by atoms with Gasteiger partial charge in [-0.05, 0) is 40.2 Å². The monoisotopic (exact) mass is 480 g/mol. The van der Waals surface area contributed by atoms with E-state index in [1.807, 2.05) is 29.2 Å². The maximum Gasteiger partial charge on any atom is 0.248 e. The molecule has 7 nitrogen and oxygen atoms in total. The molecule has 1 aromatic heterocycles. The van der Waals surface area contributed by atoms with Crippen LogP contribution < -0.4 is 0 Å². The number of hydrogen-bond donors (Lipinski definition) is 0. The lowest BCUT2D eigenvalue weighted by Crippen LogP contribution is -2.48. The predicted molar refractivity (Wildman–Crippen MR) is 108 cm³/mol. The third kappa shape index (κ3) is 4.25. The molecule has 152 valence electrons. The molecular formula is C19H18BrFN4O3S. The van der Waals surface area contributed by atoms with E-state index in [0.717, 1.165) is 16.1 Å². The van der Waals surface area contributed by atoms with Gasteiger partial charge in [-0.2, -0.15) is 4.31 Å². The van der Waals surface area contributed by atoms with Gasteiger partial charge in [-0.1, -0.05) is 24.3 Å². The van der Waals surface area contributed by atoms with Gasteiger partial charge in [-0.15, -0.1) is 10.2 Å². The summed E-state index contributed by atoms with van der Waals surface area (Å²) in [6.45, 7) is 1.93. The van der Waals surface area contributed by atoms with Crippen molar-refractivity contribution in [1.29, 1.82) is 0 Å². The van der Waals surface area contributed by atoms with Gasteiger partial charge in [0.25, 0.3) is 0 Å². The zero-order valence-corrected chi connectivity index (χ0v) is 17.7. The predicted octanol–water partition coefficient (Wildman–Crippen LogP) is 3.14. The van der Waals surface area contributed by atoms with Crippen molar-refractivity contribution in [3.63, 3.8) is 0 Å². The Morgan fingerprint density at radius 3 is 2.41 bits per heavy atom. The van der Waals surface area contributed by atoms with Gasteiger partial charge in [-0.25, -0.2) is 12.8 Å². The van der Waals surface area contributed by atoms with Crippen molar-refractivity contribution in [2.45, 2.75) is 11.4 Å². The average Bonchev–Trinajstić information content (AvgIpc) is 3.17. The first-order valence-corrected chi connectivity index (χ1v) is 11.2. The minimum absolute atomic E-state index is 0.266. The summed E-state index contributed by atoms with van der Waals surface area (Å²) in [4.78, 5) is 1.74. The van der Waals surface area contributed by atoms with Crippen LogP contribution >= 0.6 is 15.9 Å². The summed E-state index contributed by atoms with van der Waals surface area (Å²) < 4.78 is 47.2. The van der Waals surface area contributed by atoms with Crippen molar-refractivity contribution >= 4 is 26.0 Å². The Morgan fingerprint density at radius 2 is 1.69 bits per heavy atom. The minimum Gasteiger partial charge on any atom is -0.419 e. The van der Waals surface area contributed by atoms with Crippen LogP contribution in [0.4, 0.5) is 4.39 Å². The Morgan fingerprint density at radius 1 is 1.00 bits per heavy atom. The van der Waals surface area contributed by atoms with Crippen LogP contribution in [0, 0.1) is 5.82 Å². The number of piperazine rings is 1. The van der Waals surface area contributed by atoms with E-state index in [9.17, 15) is 12.8 Å². The molecule has 1 fully saturated rings. The standard InChI is InChI=1S/C19H18BrFN4O3S/c20-15-6-2-1-5-14(15)19-23-22-18(28-19)13-24-9-11-25(12-10-24)29(26,27)17-8-4-3-7-16(17)21/h1-8H,9-13H2. The molecular weight excluding hydrogens is 463 g/mol. The summed E-state index contributed by atoms with van der Waals surface area (Å²) in [6.07, 6.45) is 0. The van der Waals surface area contributed by atoms with E-state index in [2.05, 4.69) is 26.1 Å². The largest absolute Gasteiger partial charge is 0.419 e. The molecule has 0 saturated carbocycles. The summed E-state index contributed by atoms with van der Waals surface area (Å²) >= 11 is 3.46. The topological polar surface area (TPSA) is 79.5 Å². The highest BCUT2D eigenvalue weighted by Crippen LogP contribution is 2.27. The molecule has 2 heterocycles. The summed E-state index contributed by atoms with van der Waals surface area (Å²) in [5.41, 5.74) is 0.812. The van der Waals surface area contributed by atoms with E-state index in [4.69, 9.17) is 4.42 Å². The second-order valence-corrected chi connectivity index (χ2v) is 9.35. The van der Waals surface area contributed by atoms with Crippen molar-refractivity contribution in [3.05, 3.63) is 64.7 Å². The SMILES string of the molecule is O=S(=O)(c1ccccc1F)N1CCN(Cc2nnc(-c3ccccc3Br)o2)CC1. The van der Waals surface area contributed by atoms with Crippen LogP contribution in [0.1, 0.15) is 5.89 Å². The molecule has 0 unspecified atom stereocenters. The zero-order valence-electron chi connectivity index (χ0n) is 15.3. The molecule has 1 aliphatic heterocycles. The molecule has 1 aliphatic rings. The first-order valence-electron chi connectivity index (χ1n) is 8.99. The molecule has 0 radical (unpaired) electrons. The van der Waals surface area contributed by atoms with E-state index in [1.54, 1.807) is 0 Å². The molecule has 3 aromatic rings. The van der Waals surface area contributed by atoms with Crippen LogP contribution in [0.5, 0.6) is 0 Å². The quantitative estimate of drug-likeness (QED) is 0.557. The van der Waals surface area contributed by atoms with Crippen LogP contribution in [0.3, 0.4) is 0 Å². The van der Waals surface area contributed by atoms with Crippen molar-refractivity contribution < 1.29 is 17.2 Å². The molecule has 1 saturated heterocycles. The highest BCUT2D eigenvalue weighted by Gasteiger charge is 2.30. The molecule has 0 spiro atoms. The Kier molecular flexibility index (Phi) is 5.77. The first-order chi connectivity index (χ1) is 13.9. The Hall–Kier alpha value is -2.14. The number of nitrogens with zero attached hydrogens (tertiary/aromatic N) is 4. The fourth-order valence-corrected chi connectivity index (χ4v) is 5.11. The van der Waals surface area contributed by atoms with Gasteiger partial charge in [0, 0.05) is 30.7 Å². The molecule has 29 heavy (non-hydrogen) atoms. The van der Waals surface area contributed by atoms with E-state index in [0.29, 0.717) is 31.4 Å². The fourth-order valence-electron chi connectivity index (χ4n) is 3.17. The second kappa shape index (κ2) is 8.31. The Bertz CT molecular complexity index is 1110. The Labute approximate surface area is 176 Å². The molecule has 2 aromatic carbocycles. The molecule has 0 N–H and O–H groups in total. The van der Waals surface area contributed by atoms with E-state index in [-0.39, 0.29) is 18.0 Å². The lowest BCUT2D eigenvalue weighted by Gasteiger charge is -2.33. The minimum atomic E-state index is -3.85. The normalized spacial score (nSPS) is 16.2. The van der Waals surface area contributed by atoms with Gasteiger partial charge >= 0.3 is 0 Å². The van der Waals surface area contributed by atoms with Gasteiger partial charge in [0.2, 0.25) is 21.8 Å². The van der Waals surface area contributed by atoms with Crippen LogP contribution in [0.15, 0.2) is 62.3 Å². The van der Waals surface area contributed by atoms with Gasteiger partial charge in [-0.3, -0.25) is 4.90 Å². The number of benzene rings is 2. The first kappa shape index (κ1) is 20.1. The fraction of sp³-hybridized carbons (Fsp3) is 0.263. The van der Waals surface area contributed by atoms with Crippen molar-refractivity contribution in [3.8, 4) is 11.5 Å². The molecule has 0 bridgehead atoms. The van der Waals surface area contributed by atoms with Crippen molar-refractivity contribution in [1.82, 2.24) is 19.4 Å². The lowest BCUT2D eigenvalue weighted by atomic mass is 10.2. The van der Waals surface area contributed by atoms with Crippen LogP contribution in [-0.2, 0) is 16.6 Å². The zero-order chi connectivity index (χ0) is 20.4. The summed E-state index contributed by atoms with van der Waals surface area (Å²) in [5, 5.41) is 8.19. The average molecular weight is 481 g/mol. The molecule has 0 atom stereocenters. The van der Waals surface area contributed by atoms with Gasteiger partial charge < -0.3 is 4.42 Å². The van der Waals surface area contributed by atoms with Crippen LogP contribution in [0.25, 0.3) is 11.5 Å². The summed E-state index contributed by atoms with van der Waals surface area (Å²) in [5.74, 6) is 0.148.